The normalized spacial score (nSPS) is 11.4. The highest BCUT2D eigenvalue weighted by Crippen LogP contribution is 2.30. The summed E-state index contributed by atoms with van der Waals surface area (Å²) in [7, 11) is 0. The molecule has 1 heterocycles. The fourth-order valence-corrected chi connectivity index (χ4v) is 3.32. The Morgan fingerprint density at radius 3 is 2.59 bits per heavy atom. The first-order valence-electron chi connectivity index (χ1n) is 10.6. The van der Waals surface area contributed by atoms with Gasteiger partial charge in [0.15, 0.2) is 6.61 Å². The van der Waals surface area contributed by atoms with E-state index in [0.717, 1.165) is 41.8 Å². The third kappa shape index (κ3) is 6.08. The van der Waals surface area contributed by atoms with Crippen LogP contribution in [0.4, 0.5) is 0 Å². The Morgan fingerprint density at radius 2 is 1.94 bits per heavy atom. The molecular formula is C26H26N2O4. The minimum atomic E-state index is -1.02. The molecule has 32 heavy (non-hydrogen) atoms. The van der Waals surface area contributed by atoms with E-state index in [1.54, 1.807) is 24.3 Å². The number of hydrogen-bond acceptors (Lipinski definition) is 5. The molecule has 6 heteroatoms. The Hall–Kier alpha value is -3.85. The lowest BCUT2D eigenvalue weighted by atomic mass is 10.1. The fraction of sp³-hybridized carbons (Fsp3) is 0.269. The molecular weight excluding hydrogens is 404 g/mol. The summed E-state index contributed by atoms with van der Waals surface area (Å²) >= 11 is 0. The van der Waals surface area contributed by atoms with Gasteiger partial charge in [-0.15, -0.1) is 0 Å². The third-order valence-electron chi connectivity index (χ3n) is 5.01. The first kappa shape index (κ1) is 22.8. The second-order valence-corrected chi connectivity index (χ2v) is 7.50. The van der Waals surface area contributed by atoms with E-state index in [0.29, 0.717) is 17.1 Å². The van der Waals surface area contributed by atoms with Crippen LogP contribution in [0.3, 0.4) is 0 Å². The third-order valence-corrected chi connectivity index (χ3v) is 5.01. The van der Waals surface area contributed by atoms with Crippen LogP contribution in [0, 0.1) is 18.3 Å². The standard InChI is InChI=1S/C26H26N2O4/c1-3-4-8-25(32-21-13-14-24(18(2)15-21)31-17-26(29)30)23-7-5-6-22(28-23)20-11-9-19(16-27)10-12-20/h5-7,9-15,25H,3-4,8,17H2,1-2H3,(H,29,30). The molecule has 0 aliphatic carbocycles. The zero-order valence-corrected chi connectivity index (χ0v) is 18.2. The summed E-state index contributed by atoms with van der Waals surface area (Å²) in [4.78, 5) is 15.6. The summed E-state index contributed by atoms with van der Waals surface area (Å²) in [5, 5.41) is 17.8. The van der Waals surface area contributed by atoms with Gasteiger partial charge in [0.05, 0.1) is 23.0 Å². The van der Waals surface area contributed by atoms with Crippen molar-refractivity contribution in [2.45, 2.75) is 39.2 Å². The average Bonchev–Trinajstić information content (AvgIpc) is 2.81. The molecule has 1 unspecified atom stereocenters. The van der Waals surface area contributed by atoms with E-state index in [2.05, 4.69) is 13.0 Å². The number of aromatic nitrogens is 1. The summed E-state index contributed by atoms with van der Waals surface area (Å²) in [5.41, 5.74) is 4.02. The molecule has 0 bridgehead atoms. The number of nitrogens with zero attached hydrogens (tertiary/aromatic N) is 2. The number of aryl methyl sites for hydroxylation is 1. The lowest BCUT2D eigenvalue weighted by molar-refractivity contribution is -0.139. The van der Waals surface area contributed by atoms with Crippen molar-refractivity contribution < 1.29 is 19.4 Å². The van der Waals surface area contributed by atoms with Crippen molar-refractivity contribution >= 4 is 5.97 Å². The second kappa shape index (κ2) is 11.0. The number of carboxylic acids is 1. The quantitative estimate of drug-likeness (QED) is 0.443. The van der Waals surface area contributed by atoms with Crippen molar-refractivity contribution in [3.63, 3.8) is 0 Å². The largest absolute Gasteiger partial charge is 0.484 e. The monoisotopic (exact) mass is 430 g/mol. The van der Waals surface area contributed by atoms with Crippen molar-refractivity contribution in [2.75, 3.05) is 6.61 Å². The van der Waals surface area contributed by atoms with Crippen molar-refractivity contribution in [1.82, 2.24) is 4.98 Å². The van der Waals surface area contributed by atoms with Crippen LogP contribution in [0.5, 0.6) is 11.5 Å². The predicted molar refractivity (Wildman–Crippen MR) is 122 cm³/mol. The van der Waals surface area contributed by atoms with Crippen LogP contribution in [0.25, 0.3) is 11.3 Å². The first-order valence-corrected chi connectivity index (χ1v) is 10.6. The lowest BCUT2D eigenvalue weighted by Crippen LogP contribution is -2.11. The molecule has 0 radical (unpaired) electrons. The smallest absolute Gasteiger partial charge is 0.341 e. The summed E-state index contributed by atoms with van der Waals surface area (Å²) in [6.07, 6.45) is 2.62. The highest BCUT2D eigenvalue weighted by Gasteiger charge is 2.17. The predicted octanol–water partition coefficient (Wildman–Crippen LogP) is 5.70. The summed E-state index contributed by atoms with van der Waals surface area (Å²) in [6.45, 7) is 3.61. The Balaban J connectivity index is 1.83. The number of carboxylic acid groups (broad SMARTS) is 1. The van der Waals surface area contributed by atoms with Crippen LogP contribution >= 0.6 is 0 Å². The van der Waals surface area contributed by atoms with Gasteiger partial charge in [0.25, 0.3) is 0 Å². The van der Waals surface area contributed by atoms with E-state index in [1.165, 1.54) is 0 Å². The molecule has 0 saturated carbocycles. The van der Waals surface area contributed by atoms with Crippen molar-refractivity contribution in [3.8, 4) is 28.8 Å². The molecule has 0 aliphatic rings. The van der Waals surface area contributed by atoms with Crippen LogP contribution in [-0.2, 0) is 4.79 Å². The van der Waals surface area contributed by atoms with Gasteiger partial charge in [-0.3, -0.25) is 0 Å². The molecule has 0 fully saturated rings. The van der Waals surface area contributed by atoms with Crippen LogP contribution in [-0.4, -0.2) is 22.7 Å². The number of rotatable bonds is 10. The second-order valence-electron chi connectivity index (χ2n) is 7.50. The SMILES string of the molecule is CCCCC(Oc1ccc(OCC(=O)O)c(C)c1)c1cccc(-c2ccc(C#N)cc2)n1. The van der Waals surface area contributed by atoms with Crippen molar-refractivity contribution in [2.24, 2.45) is 0 Å². The van der Waals surface area contributed by atoms with Gasteiger partial charge in [-0.1, -0.05) is 31.5 Å². The number of hydrogen-bond donors (Lipinski definition) is 1. The molecule has 0 aliphatic heterocycles. The molecule has 6 nitrogen and oxygen atoms in total. The molecule has 0 spiro atoms. The number of carbonyl (C=O) groups is 1. The zero-order valence-electron chi connectivity index (χ0n) is 18.2. The molecule has 164 valence electrons. The van der Waals surface area contributed by atoms with Crippen LogP contribution in [0.2, 0.25) is 0 Å². The maximum absolute atomic E-state index is 10.7. The summed E-state index contributed by atoms with van der Waals surface area (Å²) in [6, 6.07) is 20.7. The number of pyridine rings is 1. The van der Waals surface area contributed by atoms with E-state index in [4.69, 9.17) is 24.8 Å². The number of aliphatic carboxylic acids is 1. The molecule has 3 aromatic rings. The van der Waals surface area contributed by atoms with E-state index in [9.17, 15) is 4.79 Å². The summed E-state index contributed by atoms with van der Waals surface area (Å²) in [5.74, 6) is 0.181. The summed E-state index contributed by atoms with van der Waals surface area (Å²) < 4.78 is 11.6. The van der Waals surface area contributed by atoms with E-state index < -0.39 is 5.97 Å². The minimum absolute atomic E-state index is 0.224. The van der Waals surface area contributed by atoms with Gasteiger partial charge >= 0.3 is 5.97 Å². The molecule has 1 aromatic heterocycles. The molecule has 3 rings (SSSR count). The minimum Gasteiger partial charge on any atom is -0.484 e. The number of unbranched alkanes of at least 4 members (excludes halogenated alkanes) is 1. The van der Waals surface area contributed by atoms with Crippen LogP contribution in [0.1, 0.15) is 49.1 Å². The van der Waals surface area contributed by atoms with Crippen molar-refractivity contribution in [1.29, 1.82) is 5.26 Å². The van der Waals surface area contributed by atoms with E-state index in [1.807, 2.05) is 43.3 Å². The molecule has 1 N–H and O–H groups in total. The molecule has 2 aromatic carbocycles. The highest BCUT2D eigenvalue weighted by atomic mass is 16.5. The van der Waals surface area contributed by atoms with Gasteiger partial charge in [-0.2, -0.15) is 5.26 Å². The van der Waals surface area contributed by atoms with Crippen molar-refractivity contribution in [3.05, 3.63) is 77.5 Å². The van der Waals surface area contributed by atoms with E-state index >= 15 is 0 Å². The zero-order chi connectivity index (χ0) is 22.9. The van der Waals surface area contributed by atoms with Gasteiger partial charge in [0, 0.05) is 5.56 Å². The van der Waals surface area contributed by atoms with E-state index in [-0.39, 0.29) is 12.7 Å². The molecule has 0 saturated heterocycles. The topological polar surface area (TPSA) is 92.4 Å². The number of ether oxygens (including phenoxy) is 2. The first-order chi connectivity index (χ1) is 15.5. The lowest BCUT2D eigenvalue weighted by Gasteiger charge is -2.20. The molecule has 0 amide bonds. The van der Waals surface area contributed by atoms with Gasteiger partial charge in [0.2, 0.25) is 0 Å². The Kier molecular flexibility index (Phi) is 7.82. The average molecular weight is 431 g/mol. The Labute approximate surface area is 188 Å². The number of nitriles is 1. The van der Waals surface area contributed by atoms with Gasteiger partial charge < -0.3 is 14.6 Å². The van der Waals surface area contributed by atoms with Gasteiger partial charge in [0.1, 0.15) is 17.6 Å². The highest BCUT2D eigenvalue weighted by molar-refractivity contribution is 5.68. The fourth-order valence-electron chi connectivity index (χ4n) is 3.32. The van der Waals surface area contributed by atoms with Crippen LogP contribution < -0.4 is 9.47 Å². The maximum atomic E-state index is 10.7. The Morgan fingerprint density at radius 1 is 1.16 bits per heavy atom. The maximum Gasteiger partial charge on any atom is 0.341 e. The van der Waals surface area contributed by atoms with Crippen LogP contribution in [0.15, 0.2) is 60.7 Å². The molecule has 1 atom stereocenters. The van der Waals surface area contributed by atoms with Gasteiger partial charge in [-0.05, 0) is 67.8 Å². The van der Waals surface area contributed by atoms with Gasteiger partial charge in [-0.25, -0.2) is 9.78 Å². The number of benzene rings is 2. The Bertz CT molecular complexity index is 1100.